The summed E-state index contributed by atoms with van der Waals surface area (Å²) in [5.74, 6) is -0.476. The number of quaternary nitrogens is 1. The number of esters is 1. The third-order valence-electron chi connectivity index (χ3n) is 3.41. The Hall–Kier alpha value is -1.78. The third-order valence-corrected chi connectivity index (χ3v) is 3.41. The first kappa shape index (κ1) is 22.3. The van der Waals surface area contributed by atoms with Gasteiger partial charge in [-0.25, -0.2) is 4.79 Å². The Morgan fingerprint density at radius 2 is 1.96 bits per heavy atom. The molecule has 0 radical (unpaired) electrons. The zero-order valence-electron chi connectivity index (χ0n) is 14.2. The number of ether oxygens (including phenoxy) is 1. The van der Waals surface area contributed by atoms with Crippen LogP contribution in [0, 0.1) is 0 Å². The molecule has 0 bridgehead atoms. The molecule has 10 nitrogen and oxygen atoms in total. The summed E-state index contributed by atoms with van der Waals surface area (Å²) in [7, 11) is -2.93. The number of hydrogen-bond acceptors (Lipinski definition) is 6. The van der Waals surface area contributed by atoms with Gasteiger partial charge in [0, 0.05) is 30.6 Å². The fourth-order valence-electron chi connectivity index (χ4n) is 2.29. The van der Waals surface area contributed by atoms with Crippen molar-refractivity contribution in [3.8, 4) is 0 Å². The van der Waals surface area contributed by atoms with E-state index >= 15 is 0 Å². The Balaban J connectivity index is 0.000000597. The fourth-order valence-corrected chi connectivity index (χ4v) is 2.29. The highest BCUT2D eigenvalue weighted by Gasteiger charge is 2.22. The summed E-state index contributed by atoms with van der Waals surface area (Å²) in [6.07, 6.45) is 1.41. The van der Waals surface area contributed by atoms with E-state index in [1.54, 1.807) is 0 Å². The molecule has 1 heterocycles. The Kier molecular flexibility index (Phi) is 8.38. The van der Waals surface area contributed by atoms with Gasteiger partial charge in [0.15, 0.2) is 6.04 Å². The maximum absolute atomic E-state index is 11.8. The summed E-state index contributed by atoms with van der Waals surface area (Å²) in [4.78, 5) is 34.7. The lowest BCUT2D eigenvalue weighted by atomic mass is 10.1. The SMILES string of the molecule is Cn1cc(C[C@@H]([NH3+])C(=O)OCC(O)CO)c2ccccc21.O=P([O-])(O)O. The van der Waals surface area contributed by atoms with Crippen molar-refractivity contribution in [1.29, 1.82) is 0 Å². The number of hydrogen-bond donors (Lipinski definition) is 5. The predicted molar refractivity (Wildman–Crippen MR) is 89.4 cm³/mol. The predicted octanol–water partition coefficient (Wildman–Crippen LogP) is -2.33. The fraction of sp³-hybridized carbons (Fsp3) is 0.400. The van der Waals surface area contributed by atoms with E-state index in [0.717, 1.165) is 16.5 Å². The number of fused-ring (bicyclic) bond motifs is 1. The molecule has 0 aliphatic rings. The number of aliphatic hydroxyl groups is 2. The molecule has 7 N–H and O–H groups in total. The average Bonchev–Trinajstić information content (AvgIpc) is 2.87. The second-order valence-corrected chi connectivity index (χ2v) is 6.62. The van der Waals surface area contributed by atoms with Gasteiger partial charge in [0.2, 0.25) is 0 Å². The zero-order valence-corrected chi connectivity index (χ0v) is 15.1. The van der Waals surface area contributed by atoms with Crippen LogP contribution in [0.2, 0.25) is 0 Å². The summed E-state index contributed by atoms with van der Waals surface area (Å²) in [6, 6.07) is 7.41. The second-order valence-electron chi connectivity index (χ2n) is 5.64. The standard InChI is InChI=1S/C15H20N2O4.H3O4P/c1-17-7-10(12-4-2-3-5-14(12)17)6-13(16)15(20)21-9-11(19)8-18;1-5(2,3)4/h2-5,7,11,13,18-19H,6,8-9,16H2,1H3;(H3,1,2,3,4)/t11?,13-;/m1./s1. The smallest absolute Gasteiger partial charge is 0.365 e. The molecule has 0 saturated heterocycles. The van der Waals surface area contributed by atoms with Gasteiger partial charge in [-0.3, -0.25) is 4.57 Å². The maximum atomic E-state index is 11.8. The first-order valence-corrected chi connectivity index (χ1v) is 9.14. The van der Waals surface area contributed by atoms with Gasteiger partial charge in [-0.05, 0) is 11.6 Å². The summed E-state index contributed by atoms with van der Waals surface area (Å²) >= 11 is 0. The van der Waals surface area contributed by atoms with Crippen LogP contribution in [-0.2, 0) is 27.6 Å². The summed E-state index contributed by atoms with van der Waals surface area (Å²) in [5.41, 5.74) is 5.96. The number of aromatic nitrogens is 1. The van der Waals surface area contributed by atoms with Crippen molar-refractivity contribution < 1.29 is 44.7 Å². The van der Waals surface area contributed by atoms with E-state index < -0.39 is 32.5 Å². The molecule has 2 aromatic rings. The van der Waals surface area contributed by atoms with Gasteiger partial charge in [0.25, 0.3) is 7.82 Å². The van der Waals surface area contributed by atoms with Crippen LogP contribution in [0.5, 0.6) is 0 Å². The number of para-hydroxylation sites is 1. The van der Waals surface area contributed by atoms with Crippen LogP contribution in [0.1, 0.15) is 5.56 Å². The number of rotatable bonds is 6. The normalized spacial score (nSPS) is 13.7. The Morgan fingerprint density at radius 3 is 2.54 bits per heavy atom. The van der Waals surface area contributed by atoms with E-state index in [2.05, 4.69) is 5.73 Å². The molecule has 1 aromatic heterocycles. The van der Waals surface area contributed by atoms with Crippen molar-refractivity contribution in [3.63, 3.8) is 0 Å². The van der Waals surface area contributed by atoms with Gasteiger partial charge in [0.05, 0.1) is 6.61 Å². The molecule has 0 amide bonds. The van der Waals surface area contributed by atoms with Crippen molar-refractivity contribution in [2.75, 3.05) is 13.2 Å². The molecule has 2 rings (SSSR count). The van der Waals surface area contributed by atoms with Crippen LogP contribution in [0.3, 0.4) is 0 Å². The molecule has 1 unspecified atom stereocenters. The lowest BCUT2D eigenvalue weighted by molar-refractivity contribution is -0.408. The third kappa shape index (κ3) is 7.63. The minimum Gasteiger partial charge on any atom is -0.756 e. The van der Waals surface area contributed by atoms with E-state index in [0.29, 0.717) is 6.42 Å². The molecule has 146 valence electrons. The van der Waals surface area contributed by atoms with Crippen LogP contribution in [0.4, 0.5) is 0 Å². The van der Waals surface area contributed by atoms with Gasteiger partial charge in [-0.1, -0.05) is 18.2 Å². The van der Waals surface area contributed by atoms with Gasteiger partial charge < -0.3 is 39.9 Å². The highest BCUT2D eigenvalue weighted by atomic mass is 31.2. The first-order valence-electron chi connectivity index (χ1n) is 7.61. The first-order chi connectivity index (χ1) is 12.0. The van der Waals surface area contributed by atoms with Crippen molar-refractivity contribution in [3.05, 3.63) is 36.0 Å². The van der Waals surface area contributed by atoms with Gasteiger partial charge in [0.1, 0.15) is 12.7 Å². The molecular formula is C15H23N2O8P. The number of aryl methyl sites for hydroxylation is 1. The van der Waals surface area contributed by atoms with Gasteiger partial charge in [-0.2, -0.15) is 0 Å². The molecule has 0 spiro atoms. The Bertz CT molecular complexity index is 764. The van der Waals surface area contributed by atoms with E-state index in [-0.39, 0.29) is 6.61 Å². The maximum Gasteiger partial charge on any atom is 0.365 e. The summed E-state index contributed by atoms with van der Waals surface area (Å²) in [5, 5.41) is 18.9. The lowest BCUT2D eigenvalue weighted by Gasteiger charge is -2.11. The molecule has 0 fully saturated rings. The average molecular weight is 390 g/mol. The minimum absolute atomic E-state index is 0.211. The summed E-state index contributed by atoms with van der Waals surface area (Å²) in [6.45, 7) is -0.644. The molecule has 0 saturated carbocycles. The number of phosphoric acid groups is 1. The van der Waals surface area contributed by atoms with Crippen molar-refractivity contribution in [1.82, 2.24) is 4.57 Å². The molecule has 11 heteroatoms. The quantitative estimate of drug-likeness (QED) is 0.269. The monoisotopic (exact) mass is 390 g/mol. The highest BCUT2D eigenvalue weighted by molar-refractivity contribution is 7.43. The van der Waals surface area contributed by atoms with Gasteiger partial charge in [-0.15, -0.1) is 0 Å². The van der Waals surface area contributed by atoms with Crippen LogP contribution in [0.25, 0.3) is 10.9 Å². The largest absolute Gasteiger partial charge is 0.756 e. The molecule has 0 aliphatic carbocycles. The zero-order chi connectivity index (χ0) is 19.9. The van der Waals surface area contributed by atoms with E-state index in [4.69, 9.17) is 29.1 Å². The van der Waals surface area contributed by atoms with Gasteiger partial charge >= 0.3 is 5.97 Å². The molecule has 1 aromatic carbocycles. The van der Waals surface area contributed by atoms with Crippen molar-refractivity contribution in [2.24, 2.45) is 7.05 Å². The van der Waals surface area contributed by atoms with Crippen molar-refractivity contribution in [2.45, 2.75) is 18.6 Å². The van der Waals surface area contributed by atoms with Crippen molar-refractivity contribution >= 4 is 24.7 Å². The number of carbonyl (C=O) groups excluding carboxylic acids is 1. The minimum atomic E-state index is -4.89. The van der Waals surface area contributed by atoms with Crippen LogP contribution >= 0.6 is 7.82 Å². The number of aliphatic hydroxyl groups excluding tert-OH is 2. The molecular weight excluding hydrogens is 367 g/mol. The highest BCUT2D eigenvalue weighted by Crippen LogP contribution is 2.21. The van der Waals surface area contributed by atoms with Crippen LogP contribution in [0.15, 0.2) is 30.5 Å². The number of nitrogens with zero attached hydrogens (tertiary/aromatic N) is 1. The molecule has 0 aliphatic heterocycles. The lowest BCUT2D eigenvalue weighted by Crippen LogP contribution is -2.66. The van der Waals surface area contributed by atoms with E-state index in [9.17, 15) is 9.90 Å². The van der Waals surface area contributed by atoms with E-state index in [1.807, 2.05) is 42.1 Å². The van der Waals surface area contributed by atoms with Crippen LogP contribution in [-0.4, -0.2) is 55.9 Å². The molecule has 2 atom stereocenters. The Labute approximate surface area is 149 Å². The molecule has 26 heavy (non-hydrogen) atoms. The number of carbonyl (C=O) groups is 1. The Morgan fingerprint density at radius 1 is 1.38 bits per heavy atom. The van der Waals surface area contributed by atoms with Crippen LogP contribution < -0.4 is 10.6 Å². The second kappa shape index (κ2) is 9.79. The number of benzene rings is 1. The summed E-state index contributed by atoms with van der Waals surface area (Å²) < 4.78 is 15.7. The van der Waals surface area contributed by atoms with E-state index in [1.165, 1.54) is 0 Å². The topological polar surface area (TPSA) is 180 Å².